The number of piperidine rings is 1. The van der Waals surface area contributed by atoms with Gasteiger partial charge in [-0.1, -0.05) is 6.42 Å². The first-order chi connectivity index (χ1) is 15.8. The summed E-state index contributed by atoms with van der Waals surface area (Å²) >= 11 is 0. The molecule has 0 bridgehead atoms. The van der Waals surface area contributed by atoms with Crippen molar-refractivity contribution in [3.05, 3.63) is 54.7 Å². The molecule has 1 fully saturated rings. The topological polar surface area (TPSA) is 86.7 Å². The summed E-state index contributed by atoms with van der Waals surface area (Å²) < 4.78 is 29.3. The number of carbonyl (C=O) groups is 1. The summed E-state index contributed by atoms with van der Waals surface area (Å²) in [5, 5.41) is 6.66. The Balaban J connectivity index is 1.38. The number of amides is 2. The van der Waals surface area contributed by atoms with Gasteiger partial charge >= 0.3 is 6.03 Å². The van der Waals surface area contributed by atoms with Crippen LogP contribution in [0.15, 0.2) is 59.6 Å². The van der Waals surface area contributed by atoms with Gasteiger partial charge in [-0.2, -0.15) is 4.31 Å². The van der Waals surface area contributed by atoms with Crippen molar-refractivity contribution in [1.82, 2.24) is 13.8 Å². The number of carbonyl (C=O) groups excluding carboxylic acids is 1. The first-order valence-electron chi connectivity index (χ1n) is 11.2. The van der Waals surface area contributed by atoms with Crippen LogP contribution in [0.3, 0.4) is 0 Å². The zero-order valence-corrected chi connectivity index (χ0v) is 19.9. The third kappa shape index (κ3) is 5.55. The van der Waals surface area contributed by atoms with Crippen molar-refractivity contribution in [2.75, 3.05) is 44.4 Å². The molecule has 1 saturated heterocycles. The summed E-state index contributed by atoms with van der Waals surface area (Å²) in [4.78, 5) is 14.9. The maximum Gasteiger partial charge on any atom is 0.323 e. The van der Waals surface area contributed by atoms with E-state index in [-0.39, 0.29) is 10.9 Å². The smallest absolute Gasteiger partial charge is 0.323 e. The molecule has 1 aliphatic heterocycles. The minimum absolute atomic E-state index is 0.250. The van der Waals surface area contributed by atoms with Gasteiger partial charge in [0.15, 0.2) is 0 Å². The van der Waals surface area contributed by atoms with Crippen LogP contribution < -0.4 is 10.6 Å². The van der Waals surface area contributed by atoms with Crippen LogP contribution in [-0.2, 0) is 16.6 Å². The molecule has 0 spiro atoms. The summed E-state index contributed by atoms with van der Waals surface area (Å²) in [5.41, 5.74) is 2.34. The highest BCUT2D eigenvalue weighted by Gasteiger charge is 2.25. The minimum Gasteiger partial charge on any atom is -0.346 e. The minimum atomic E-state index is -3.48. The number of sulfonamides is 1. The normalized spacial score (nSPS) is 15.1. The average molecular weight is 470 g/mol. The van der Waals surface area contributed by atoms with E-state index in [2.05, 4.69) is 26.3 Å². The second kappa shape index (κ2) is 9.94. The highest BCUT2D eigenvalue weighted by atomic mass is 32.2. The molecule has 2 amide bonds. The first-order valence-corrected chi connectivity index (χ1v) is 12.7. The maximum absolute atomic E-state index is 12.8. The van der Waals surface area contributed by atoms with Crippen LogP contribution in [0, 0.1) is 0 Å². The summed E-state index contributed by atoms with van der Waals surface area (Å²) in [6.07, 6.45) is 4.91. The van der Waals surface area contributed by atoms with E-state index in [0.29, 0.717) is 24.5 Å². The predicted molar refractivity (Wildman–Crippen MR) is 132 cm³/mol. The average Bonchev–Trinajstić information content (AvgIpc) is 3.21. The Hall–Kier alpha value is -2.88. The number of benzene rings is 2. The van der Waals surface area contributed by atoms with Gasteiger partial charge in [-0.25, -0.2) is 13.2 Å². The quantitative estimate of drug-likeness (QED) is 0.547. The van der Waals surface area contributed by atoms with E-state index in [4.69, 9.17) is 0 Å². The molecular formula is C24H31N5O3S. The second-order valence-electron chi connectivity index (χ2n) is 8.65. The maximum atomic E-state index is 12.8. The van der Waals surface area contributed by atoms with Gasteiger partial charge in [0.2, 0.25) is 10.0 Å². The summed E-state index contributed by atoms with van der Waals surface area (Å²) in [5.74, 6) is 0. The lowest BCUT2D eigenvalue weighted by Crippen LogP contribution is -2.35. The van der Waals surface area contributed by atoms with E-state index < -0.39 is 10.0 Å². The first kappa shape index (κ1) is 23.3. The molecule has 2 N–H and O–H groups in total. The number of nitrogens with zero attached hydrogens (tertiary/aromatic N) is 3. The Morgan fingerprint density at radius 1 is 0.939 bits per heavy atom. The van der Waals surface area contributed by atoms with Crippen molar-refractivity contribution in [3.8, 4) is 0 Å². The molecule has 4 rings (SSSR count). The number of urea groups is 1. The Morgan fingerprint density at radius 2 is 1.61 bits per heavy atom. The number of likely N-dealkylation sites (N-methyl/N-ethyl adjacent to an activating group) is 1. The number of hydrogen-bond donors (Lipinski definition) is 2. The SMILES string of the molecule is CN(C)CCn1ccc2cc(NC(=O)Nc3ccc(S(=O)(=O)N4CCCCC4)cc3)ccc21. The molecule has 2 aromatic carbocycles. The molecule has 176 valence electrons. The number of fused-ring (bicyclic) bond motifs is 1. The Morgan fingerprint density at radius 3 is 2.30 bits per heavy atom. The summed E-state index contributed by atoms with van der Waals surface area (Å²) in [6, 6.07) is 13.8. The second-order valence-corrected chi connectivity index (χ2v) is 10.6. The lowest BCUT2D eigenvalue weighted by molar-refractivity contribution is 0.262. The molecule has 3 aromatic rings. The molecule has 33 heavy (non-hydrogen) atoms. The largest absolute Gasteiger partial charge is 0.346 e. The molecule has 0 saturated carbocycles. The molecule has 8 nitrogen and oxygen atoms in total. The van der Waals surface area contributed by atoms with Crippen molar-refractivity contribution >= 4 is 38.3 Å². The Labute approximate surface area is 195 Å². The third-order valence-electron chi connectivity index (χ3n) is 5.88. The number of anilines is 2. The molecule has 1 aliphatic rings. The Bertz CT molecular complexity index is 1210. The fourth-order valence-electron chi connectivity index (χ4n) is 4.04. The number of hydrogen-bond acceptors (Lipinski definition) is 4. The standard InChI is InChI=1S/C24H31N5O3S/c1-27(2)16-17-28-15-12-19-18-21(8-11-23(19)28)26-24(30)25-20-6-9-22(10-7-20)33(31,32)29-13-4-3-5-14-29/h6-12,15,18H,3-5,13-14,16-17H2,1-2H3,(H2,25,26,30). The van der Waals surface area contributed by atoms with E-state index in [1.165, 1.54) is 4.31 Å². The van der Waals surface area contributed by atoms with E-state index >= 15 is 0 Å². The van der Waals surface area contributed by atoms with Gasteiger partial charge in [0.1, 0.15) is 0 Å². The number of nitrogens with one attached hydrogen (secondary N) is 2. The van der Waals surface area contributed by atoms with Gasteiger partial charge in [-0.3, -0.25) is 0 Å². The zero-order valence-electron chi connectivity index (χ0n) is 19.1. The van der Waals surface area contributed by atoms with E-state index in [9.17, 15) is 13.2 Å². The van der Waals surface area contributed by atoms with Gasteiger partial charge < -0.3 is 20.1 Å². The summed E-state index contributed by atoms with van der Waals surface area (Å²) in [6.45, 7) is 2.97. The van der Waals surface area contributed by atoms with Crippen LogP contribution in [0.4, 0.5) is 16.2 Å². The molecule has 0 atom stereocenters. The molecule has 9 heteroatoms. The molecule has 0 unspecified atom stereocenters. The van der Waals surface area contributed by atoms with Crippen molar-refractivity contribution in [2.45, 2.75) is 30.7 Å². The van der Waals surface area contributed by atoms with Crippen molar-refractivity contribution < 1.29 is 13.2 Å². The van der Waals surface area contributed by atoms with Crippen molar-refractivity contribution in [3.63, 3.8) is 0 Å². The predicted octanol–water partition coefficient (Wildman–Crippen LogP) is 4.02. The number of aromatic nitrogens is 1. The van der Waals surface area contributed by atoms with Crippen LogP contribution in [0.2, 0.25) is 0 Å². The molecule has 0 aliphatic carbocycles. The zero-order chi connectivity index (χ0) is 23.4. The number of rotatable bonds is 7. The molecule has 1 aromatic heterocycles. The highest BCUT2D eigenvalue weighted by Crippen LogP contribution is 2.23. The fourth-order valence-corrected chi connectivity index (χ4v) is 5.56. The van der Waals surface area contributed by atoms with Crippen molar-refractivity contribution in [1.29, 1.82) is 0 Å². The van der Waals surface area contributed by atoms with Crippen LogP contribution in [0.25, 0.3) is 10.9 Å². The third-order valence-corrected chi connectivity index (χ3v) is 7.79. The molecule has 0 radical (unpaired) electrons. The van der Waals surface area contributed by atoms with Gasteiger partial charge in [-0.15, -0.1) is 0 Å². The highest BCUT2D eigenvalue weighted by molar-refractivity contribution is 7.89. The van der Waals surface area contributed by atoms with Gasteiger partial charge in [0.05, 0.1) is 4.90 Å². The van der Waals surface area contributed by atoms with E-state index in [1.54, 1.807) is 24.3 Å². The lowest BCUT2D eigenvalue weighted by Gasteiger charge is -2.25. The fraction of sp³-hybridized carbons (Fsp3) is 0.375. The molecular weight excluding hydrogens is 438 g/mol. The van der Waals surface area contributed by atoms with E-state index in [1.807, 2.05) is 38.4 Å². The Kier molecular flexibility index (Phi) is 7.02. The van der Waals surface area contributed by atoms with Crippen LogP contribution in [-0.4, -0.2) is 62.0 Å². The van der Waals surface area contributed by atoms with E-state index in [0.717, 1.165) is 43.3 Å². The van der Waals surface area contributed by atoms with Crippen LogP contribution >= 0.6 is 0 Å². The van der Waals surface area contributed by atoms with Gasteiger partial charge in [0, 0.05) is 54.7 Å². The summed E-state index contributed by atoms with van der Waals surface area (Å²) in [7, 11) is 0.615. The lowest BCUT2D eigenvalue weighted by atomic mass is 10.2. The van der Waals surface area contributed by atoms with Crippen LogP contribution in [0.5, 0.6) is 0 Å². The molecule has 2 heterocycles. The van der Waals surface area contributed by atoms with Crippen LogP contribution in [0.1, 0.15) is 19.3 Å². The van der Waals surface area contributed by atoms with Gasteiger partial charge in [0.25, 0.3) is 0 Å². The monoisotopic (exact) mass is 469 g/mol. The van der Waals surface area contributed by atoms with Crippen molar-refractivity contribution in [2.24, 2.45) is 0 Å². The van der Waals surface area contributed by atoms with Gasteiger partial charge in [-0.05, 0) is 75.5 Å².